The van der Waals surface area contributed by atoms with Gasteiger partial charge in [0, 0.05) is 17.5 Å². The van der Waals surface area contributed by atoms with Crippen molar-refractivity contribution in [3.8, 4) is 6.07 Å². The number of nitrogens with zero attached hydrogens (tertiary/aromatic N) is 2. The summed E-state index contributed by atoms with van der Waals surface area (Å²) in [5.74, 6) is -0.297. The molecule has 2 heterocycles. The zero-order valence-corrected chi connectivity index (χ0v) is 15.0. The summed E-state index contributed by atoms with van der Waals surface area (Å²) in [6, 6.07) is 11.7. The number of carbonyl (C=O) groups is 2. The molecule has 0 radical (unpaired) electrons. The number of hydrogen-bond donors (Lipinski definition) is 1. The third kappa shape index (κ3) is 3.76. The van der Waals surface area contributed by atoms with Crippen LogP contribution >= 0.6 is 11.3 Å². The predicted octanol–water partition coefficient (Wildman–Crippen LogP) is 3.40. The van der Waals surface area contributed by atoms with Crippen molar-refractivity contribution in [1.29, 1.82) is 5.26 Å². The van der Waals surface area contributed by atoms with Crippen LogP contribution in [0.25, 0.3) is 6.08 Å². The fourth-order valence-electron chi connectivity index (χ4n) is 2.78. The van der Waals surface area contributed by atoms with Crippen molar-refractivity contribution in [3.05, 3.63) is 58.0 Å². The highest BCUT2D eigenvalue weighted by atomic mass is 32.1. The van der Waals surface area contributed by atoms with Gasteiger partial charge in [0.25, 0.3) is 0 Å². The molecule has 7 heteroatoms. The molecule has 132 valence electrons. The quantitative estimate of drug-likeness (QED) is 0.843. The summed E-state index contributed by atoms with van der Waals surface area (Å²) in [5.41, 5.74) is 2.30. The van der Waals surface area contributed by atoms with Gasteiger partial charge in [-0.3, -0.25) is 4.79 Å². The van der Waals surface area contributed by atoms with E-state index in [1.807, 2.05) is 30.3 Å². The molecule has 0 aliphatic carbocycles. The highest BCUT2D eigenvalue weighted by Crippen LogP contribution is 2.36. The molecule has 1 aromatic carbocycles. The van der Waals surface area contributed by atoms with Gasteiger partial charge in [-0.15, -0.1) is 11.3 Å². The molecule has 0 atom stereocenters. The number of amides is 2. The number of hydrogen-bond acceptors (Lipinski definition) is 5. The Morgan fingerprint density at radius 2 is 2.12 bits per heavy atom. The first-order valence-electron chi connectivity index (χ1n) is 8.04. The van der Waals surface area contributed by atoms with Gasteiger partial charge in [0.2, 0.25) is 5.91 Å². The minimum atomic E-state index is -0.390. The lowest BCUT2D eigenvalue weighted by Gasteiger charge is -2.25. The molecule has 26 heavy (non-hydrogen) atoms. The third-order valence-electron chi connectivity index (χ3n) is 4.06. The first-order chi connectivity index (χ1) is 12.6. The van der Waals surface area contributed by atoms with Crippen molar-refractivity contribution in [2.24, 2.45) is 0 Å². The molecule has 0 saturated heterocycles. The Morgan fingerprint density at radius 3 is 2.81 bits per heavy atom. The van der Waals surface area contributed by atoms with Crippen LogP contribution in [0.1, 0.15) is 21.6 Å². The number of thiophene rings is 1. The summed E-state index contributed by atoms with van der Waals surface area (Å²) in [6.07, 6.45) is 3.34. The number of ether oxygens (including phenoxy) is 1. The summed E-state index contributed by atoms with van der Waals surface area (Å²) >= 11 is 1.33. The van der Waals surface area contributed by atoms with Crippen molar-refractivity contribution in [2.75, 3.05) is 19.0 Å². The molecule has 2 aromatic rings. The molecular weight excluding hydrogens is 350 g/mol. The predicted molar refractivity (Wildman–Crippen MR) is 99.7 cm³/mol. The maximum absolute atomic E-state index is 12.2. The lowest BCUT2D eigenvalue weighted by Crippen LogP contribution is -2.35. The van der Waals surface area contributed by atoms with E-state index in [1.165, 1.54) is 24.5 Å². The van der Waals surface area contributed by atoms with E-state index in [0.717, 1.165) is 16.0 Å². The first kappa shape index (κ1) is 17.7. The largest absolute Gasteiger partial charge is 0.453 e. The van der Waals surface area contributed by atoms with Crippen molar-refractivity contribution in [2.45, 2.75) is 13.0 Å². The van der Waals surface area contributed by atoms with Crippen molar-refractivity contribution >= 4 is 34.4 Å². The van der Waals surface area contributed by atoms with Gasteiger partial charge in [-0.2, -0.15) is 5.26 Å². The topological polar surface area (TPSA) is 82.4 Å². The number of methoxy groups -OCH3 is 1. The number of nitrogens with one attached hydrogen (secondary N) is 1. The Morgan fingerprint density at radius 1 is 1.35 bits per heavy atom. The van der Waals surface area contributed by atoms with Crippen LogP contribution in [-0.2, 0) is 22.5 Å². The second kappa shape index (κ2) is 7.85. The van der Waals surface area contributed by atoms with Crippen LogP contribution in [0.3, 0.4) is 0 Å². The first-order valence-corrected chi connectivity index (χ1v) is 8.85. The second-order valence-corrected chi connectivity index (χ2v) is 6.80. The maximum atomic E-state index is 12.2. The molecule has 0 fully saturated rings. The molecule has 0 saturated carbocycles. The summed E-state index contributed by atoms with van der Waals surface area (Å²) in [6.45, 7) is 0.878. The number of rotatable bonds is 3. The van der Waals surface area contributed by atoms with Crippen LogP contribution in [0.2, 0.25) is 0 Å². The van der Waals surface area contributed by atoms with Crippen LogP contribution in [0, 0.1) is 11.3 Å². The van der Waals surface area contributed by atoms with Crippen molar-refractivity contribution < 1.29 is 14.3 Å². The highest BCUT2D eigenvalue weighted by molar-refractivity contribution is 7.16. The monoisotopic (exact) mass is 367 g/mol. The van der Waals surface area contributed by atoms with Crippen molar-refractivity contribution in [3.63, 3.8) is 0 Å². The Labute approximate surface area is 155 Å². The number of carbonyl (C=O) groups excluding carboxylic acids is 2. The van der Waals surface area contributed by atoms with E-state index in [4.69, 9.17) is 4.74 Å². The van der Waals surface area contributed by atoms with E-state index in [9.17, 15) is 14.9 Å². The SMILES string of the molecule is COC(=O)N1CCc2c(sc(NC(=O)/C=C/c3ccccc3)c2C#N)C1. The molecule has 2 amide bonds. The van der Waals surface area contributed by atoms with Gasteiger partial charge in [-0.25, -0.2) is 4.79 Å². The molecule has 1 aliphatic heterocycles. The molecule has 0 spiro atoms. The zero-order valence-electron chi connectivity index (χ0n) is 14.2. The van der Waals surface area contributed by atoms with Crippen LogP contribution in [0.15, 0.2) is 36.4 Å². The Balaban J connectivity index is 1.76. The van der Waals surface area contributed by atoms with E-state index < -0.39 is 0 Å². The lowest BCUT2D eigenvalue weighted by molar-refractivity contribution is -0.111. The maximum Gasteiger partial charge on any atom is 0.409 e. The average Bonchev–Trinajstić information content (AvgIpc) is 3.02. The van der Waals surface area contributed by atoms with Crippen LogP contribution in [-0.4, -0.2) is 30.6 Å². The standard InChI is InChI=1S/C19H17N3O3S/c1-25-19(24)22-10-9-14-15(11-20)18(26-16(14)12-22)21-17(23)8-7-13-5-3-2-4-6-13/h2-8H,9-10,12H2,1H3,(H,21,23)/b8-7+. The van der Waals surface area contributed by atoms with Crippen LogP contribution in [0.4, 0.5) is 9.80 Å². The van der Waals surface area contributed by atoms with Gasteiger partial charge in [0.05, 0.1) is 19.2 Å². The number of anilines is 1. The van der Waals surface area contributed by atoms with Gasteiger partial charge in [-0.1, -0.05) is 30.3 Å². The van der Waals surface area contributed by atoms with E-state index in [0.29, 0.717) is 30.1 Å². The summed E-state index contributed by atoms with van der Waals surface area (Å²) in [7, 11) is 1.34. The van der Waals surface area contributed by atoms with Gasteiger partial charge in [-0.05, 0) is 23.6 Å². The minimum Gasteiger partial charge on any atom is -0.453 e. The second-order valence-electron chi connectivity index (χ2n) is 5.69. The van der Waals surface area contributed by atoms with E-state index in [1.54, 1.807) is 11.0 Å². The van der Waals surface area contributed by atoms with Crippen LogP contribution < -0.4 is 5.32 Å². The van der Waals surface area contributed by atoms with E-state index in [2.05, 4.69) is 11.4 Å². The van der Waals surface area contributed by atoms with Gasteiger partial charge in [0.1, 0.15) is 11.1 Å². The molecule has 6 nitrogen and oxygen atoms in total. The Bertz CT molecular complexity index is 897. The fraction of sp³-hybridized carbons (Fsp3) is 0.211. The smallest absolute Gasteiger partial charge is 0.409 e. The molecule has 3 rings (SSSR count). The summed E-state index contributed by atoms with van der Waals surface area (Å²) in [4.78, 5) is 26.4. The molecular formula is C19H17N3O3S. The Kier molecular flexibility index (Phi) is 5.34. The van der Waals surface area contributed by atoms with Gasteiger partial charge in [0.15, 0.2) is 0 Å². The zero-order chi connectivity index (χ0) is 18.5. The lowest BCUT2D eigenvalue weighted by atomic mass is 10.0. The minimum absolute atomic E-state index is 0.297. The van der Waals surface area contributed by atoms with Gasteiger partial charge >= 0.3 is 6.09 Å². The van der Waals surface area contributed by atoms with Gasteiger partial charge < -0.3 is 15.0 Å². The molecule has 1 aliphatic rings. The Hall–Kier alpha value is -3.11. The molecule has 0 bridgehead atoms. The van der Waals surface area contributed by atoms with Crippen molar-refractivity contribution in [1.82, 2.24) is 4.90 Å². The number of fused-ring (bicyclic) bond motifs is 1. The highest BCUT2D eigenvalue weighted by Gasteiger charge is 2.27. The fourth-order valence-corrected chi connectivity index (χ4v) is 4.00. The molecule has 1 N–H and O–H groups in total. The average molecular weight is 367 g/mol. The number of benzene rings is 1. The molecule has 0 unspecified atom stereocenters. The summed E-state index contributed by atoms with van der Waals surface area (Å²) < 4.78 is 4.75. The third-order valence-corrected chi connectivity index (χ3v) is 5.20. The van der Waals surface area contributed by atoms with E-state index in [-0.39, 0.29) is 12.0 Å². The summed E-state index contributed by atoms with van der Waals surface area (Å²) in [5, 5.41) is 12.8. The van der Waals surface area contributed by atoms with E-state index >= 15 is 0 Å². The number of nitriles is 1. The van der Waals surface area contributed by atoms with Crippen LogP contribution in [0.5, 0.6) is 0 Å². The molecule has 1 aromatic heterocycles. The normalized spacial score (nSPS) is 13.2.